The van der Waals surface area contributed by atoms with Crippen LogP contribution in [0.5, 0.6) is 0 Å². The summed E-state index contributed by atoms with van der Waals surface area (Å²) >= 11 is 0. The lowest BCUT2D eigenvalue weighted by molar-refractivity contribution is 0.633. The topological polar surface area (TPSA) is 12.9 Å². The predicted molar refractivity (Wildman–Crippen MR) is 135 cm³/mol. The van der Waals surface area contributed by atoms with E-state index in [-0.39, 0.29) is 5.41 Å². The lowest BCUT2D eigenvalue weighted by Crippen LogP contribution is -2.26. The quantitative estimate of drug-likeness (QED) is 0.466. The van der Waals surface area contributed by atoms with Crippen LogP contribution in [0.2, 0.25) is 0 Å². The van der Waals surface area contributed by atoms with Crippen molar-refractivity contribution in [2.75, 3.05) is 0 Å². The summed E-state index contributed by atoms with van der Waals surface area (Å²) in [6.07, 6.45) is 6.51. The van der Waals surface area contributed by atoms with Crippen LogP contribution in [0.4, 0.5) is 0 Å². The van der Waals surface area contributed by atoms with Crippen LogP contribution in [-0.2, 0) is 5.41 Å². The van der Waals surface area contributed by atoms with Crippen LogP contribution in [0.25, 0.3) is 16.3 Å². The Kier molecular flexibility index (Phi) is 7.50. The average molecular weight is 404 g/mol. The molecule has 1 aliphatic carbocycles. The van der Waals surface area contributed by atoms with E-state index in [1.54, 1.807) is 0 Å². The van der Waals surface area contributed by atoms with Gasteiger partial charge in [-0.25, -0.2) is 0 Å². The Bertz CT molecular complexity index is 1010. The number of rotatable bonds is 3. The van der Waals surface area contributed by atoms with Gasteiger partial charge >= 0.3 is 0 Å². The van der Waals surface area contributed by atoms with Crippen LogP contribution in [0.15, 0.2) is 53.3 Å². The van der Waals surface area contributed by atoms with E-state index < -0.39 is 0 Å². The van der Waals surface area contributed by atoms with Crippen LogP contribution in [0.1, 0.15) is 86.1 Å². The highest BCUT2D eigenvalue weighted by Crippen LogP contribution is 2.48. The molecule has 1 aromatic carbocycles. The van der Waals surface area contributed by atoms with E-state index in [0.29, 0.717) is 5.92 Å². The maximum atomic E-state index is 4.78. The van der Waals surface area contributed by atoms with Gasteiger partial charge in [-0.2, -0.15) is 0 Å². The first-order chi connectivity index (χ1) is 13.9. The molecule has 1 aromatic heterocycles. The maximum Gasteiger partial charge on any atom is 0.0743 e. The molecule has 1 heterocycles. The van der Waals surface area contributed by atoms with E-state index in [1.807, 2.05) is 6.20 Å². The van der Waals surface area contributed by atoms with Gasteiger partial charge in [0, 0.05) is 17.0 Å². The number of pyridine rings is 1. The first-order valence-corrected chi connectivity index (χ1v) is 11.4. The van der Waals surface area contributed by atoms with Crippen LogP contribution >= 0.6 is 0 Å². The monoisotopic (exact) mass is 403 g/mol. The number of benzene rings is 1. The smallest absolute Gasteiger partial charge is 0.0743 e. The van der Waals surface area contributed by atoms with Gasteiger partial charge in [0.2, 0.25) is 0 Å². The minimum atomic E-state index is -0.0355. The Balaban J connectivity index is 0.000000735. The van der Waals surface area contributed by atoms with E-state index in [2.05, 4.69) is 107 Å². The van der Waals surface area contributed by atoms with Crippen LogP contribution in [-0.4, -0.2) is 4.98 Å². The van der Waals surface area contributed by atoms with Gasteiger partial charge in [0.25, 0.3) is 0 Å². The molecule has 0 atom stereocenters. The fourth-order valence-corrected chi connectivity index (χ4v) is 4.29. The molecule has 0 N–H and O–H groups in total. The molecule has 3 rings (SSSR count). The van der Waals surface area contributed by atoms with Gasteiger partial charge in [-0.3, -0.25) is 4.98 Å². The first-order valence-electron chi connectivity index (χ1n) is 11.4. The highest BCUT2D eigenvalue weighted by atomic mass is 14.7. The van der Waals surface area contributed by atoms with E-state index in [9.17, 15) is 0 Å². The number of aromatic nitrogens is 1. The average Bonchev–Trinajstić information content (AvgIpc) is 2.64. The van der Waals surface area contributed by atoms with Gasteiger partial charge in [0.15, 0.2) is 0 Å². The zero-order valence-electron chi connectivity index (χ0n) is 21.1. The molecule has 0 spiro atoms. The minimum Gasteiger partial charge on any atom is -0.256 e. The molecule has 30 heavy (non-hydrogen) atoms. The second kappa shape index (κ2) is 9.33. The molecular formula is C29H41N. The zero-order chi connectivity index (χ0) is 22.8. The summed E-state index contributed by atoms with van der Waals surface area (Å²) in [7, 11) is 0. The molecule has 0 amide bonds. The second-order valence-electron chi connectivity index (χ2n) is 10.3. The molecule has 2 aromatic rings. The first kappa shape index (κ1) is 24.1. The van der Waals surface area contributed by atoms with Gasteiger partial charge in [-0.05, 0) is 78.8 Å². The summed E-state index contributed by atoms with van der Waals surface area (Å²) < 4.78 is 0. The van der Waals surface area contributed by atoms with Crippen molar-refractivity contribution in [2.45, 2.75) is 81.6 Å². The third kappa shape index (κ3) is 4.77. The van der Waals surface area contributed by atoms with E-state index >= 15 is 0 Å². The molecule has 0 unspecified atom stereocenters. The van der Waals surface area contributed by atoms with Gasteiger partial charge < -0.3 is 0 Å². The molecule has 0 saturated heterocycles. The van der Waals surface area contributed by atoms with Crippen molar-refractivity contribution < 1.29 is 0 Å². The third-order valence-corrected chi connectivity index (χ3v) is 6.07. The van der Waals surface area contributed by atoms with Gasteiger partial charge in [-0.15, -0.1) is 0 Å². The highest BCUT2D eigenvalue weighted by molar-refractivity contribution is 6.01. The van der Waals surface area contributed by atoms with Crippen molar-refractivity contribution in [3.05, 3.63) is 70.1 Å². The normalized spacial score (nSPS) is 16.3. The lowest BCUT2D eigenvalue weighted by atomic mass is 9.67. The number of hydrogen-bond donors (Lipinski definition) is 0. The number of nitrogens with zero attached hydrogens (tertiary/aromatic N) is 1. The minimum absolute atomic E-state index is 0.0355. The van der Waals surface area contributed by atoms with Crippen molar-refractivity contribution in [1.82, 2.24) is 4.98 Å². The Morgan fingerprint density at radius 3 is 2.10 bits per heavy atom. The zero-order valence-corrected chi connectivity index (χ0v) is 21.1. The Morgan fingerprint density at radius 2 is 1.53 bits per heavy atom. The molecule has 1 heteroatoms. The van der Waals surface area contributed by atoms with Crippen molar-refractivity contribution in [3.8, 4) is 0 Å². The molecular weight excluding hydrogens is 362 g/mol. The second-order valence-corrected chi connectivity index (χ2v) is 10.3. The Morgan fingerprint density at radius 1 is 0.933 bits per heavy atom. The summed E-state index contributed by atoms with van der Waals surface area (Å²) in [5.74, 6) is 1.41. The maximum absolute atomic E-state index is 4.78. The summed E-state index contributed by atoms with van der Waals surface area (Å²) in [4.78, 5) is 4.78. The fraction of sp³-hybridized carbons (Fsp3) is 0.483. The molecule has 0 fully saturated rings. The summed E-state index contributed by atoms with van der Waals surface area (Å²) in [6.45, 7) is 24.6. The van der Waals surface area contributed by atoms with E-state index in [1.165, 1.54) is 44.2 Å². The molecule has 162 valence electrons. The largest absolute Gasteiger partial charge is 0.256 e. The predicted octanol–water partition coefficient (Wildman–Crippen LogP) is 8.82. The lowest BCUT2D eigenvalue weighted by Gasteiger charge is -2.37. The number of allylic oxidation sites excluding steroid dienone is 6. The standard InChI is InChI=1S/C25H31N.C4H10/c1-15(2)16(3)9-10-18(5)23-19(6)24-22-20(13-14-26-24)17(4)11-12-21(22)25(23,7)8;1-4(2)3/h9-15H,1-8H3;4H,1-3H3/b16-9+,18-10-;. The van der Waals surface area contributed by atoms with Gasteiger partial charge in [0.05, 0.1) is 5.69 Å². The highest BCUT2D eigenvalue weighted by Gasteiger charge is 2.35. The third-order valence-electron chi connectivity index (χ3n) is 6.07. The van der Waals surface area contributed by atoms with Crippen LogP contribution in [0.3, 0.4) is 0 Å². The van der Waals surface area contributed by atoms with Crippen molar-refractivity contribution >= 4 is 16.3 Å². The molecule has 0 aliphatic heterocycles. The molecule has 0 saturated carbocycles. The summed E-state index contributed by atoms with van der Waals surface area (Å²) in [6, 6.07) is 6.71. The van der Waals surface area contributed by atoms with Crippen molar-refractivity contribution in [1.29, 1.82) is 0 Å². The summed E-state index contributed by atoms with van der Waals surface area (Å²) in [5, 5.41) is 2.66. The van der Waals surface area contributed by atoms with Crippen LogP contribution in [0, 0.1) is 18.8 Å². The Hall–Kier alpha value is -2.15. The molecule has 1 aliphatic rings. The van der Waals surface area contributed by atoms with Gasteiger partial charge in [-0.1, -0.05) is 78.3 Å². The molecule has 0 bridgehead atoms. The van der Waals surface area contributed by atoms with Crippen molar-refractivity contribution in [3.63, 3.8) is 0 Å². The van der Waals surface area contributed by atoms with Crippen molar-refractivity contribution in [2.24, 2.45) is 11.8 Å². The van der Waals surface area contributed by atoms with Crippen LogP contribution < -0.4 is 0 Å². The van der Waals surface area contributed by atoms with E-state index in [4.69, 9.17) is 4.98 Å². The summed E-state index contributed by atoms with van der Waals surface area (Å²) in [5.41, 5.74) is 9.27. The van der Waals surface area contributed by atoms with Gasteiger partial charge in [0.1, 0.15) is 0 Å². The Labute approximate surface area is 185 Å². The number of aryl methyl sites for hydroxylation is 1. The SMILES string of the molecule is CC(C)C.CC1=C(/C(C)=C\C=C(/C)C(C)C)C(C)(C)c2ccc(C)c3ccnc1c23. The number of hydrogen-bond acceptors (Lipinski definition) is 1. The molecule has 1 nitrogen and oxygen atoms in total. The fourth-order valence-electron chi connectivity index (χ4n) is 4.29. The van der Waals surface area contributed by atoms with E-state index in [0.717, 1.165) is 11.6 Å². The molecule has 0 radical (unpaired) electrons.